The molecule has 4 rings (SSSR count). The van der Waals surface area contributed by atoms with Crippen molar-refractivity contribution in [3.63, 3.8) is 0 Å². The Bertz CT molecular complexity index is 885. The number of benzene rings is 1. The van der Waals surface area contributed by atoms with E-state index in [9.17, 15) is 4.79 Å². The Morgan fingerprint density at radius 1 is 1.22 bits per heavy atom. The van der Waals surface area contributed by atoms with Crippen molar-refractivity contribution in [3.8, 4) is 17.3 Å². The highest BCUT2D eigenvalue weighted by atomic mass is 16.5. The average Bonchev–Trinajstić information content (AvgIpc) is 3.23. The van der Waals surface area contributed by atoms with E-state index in [0.717, 1.165) is 19.3 Å². The third-order valence-corrected chi connectivity index (χ3v) is 4.45. The Morgan fingerprint density at radius 2 is 2.11 bits per heavy atom. The van der Waals surface area contributed by atoms with Crippen LogP contribution < -0.4 is 4.74 Å². The van der Waals surface area contributed by atoms with Gasteiger partial charge in [-0.15, -0.1) is 0 Å². The molecule has 27 heavy (non-hydrogen) atoms. The molecular formula is C19H19N5O3. The number of amides is 1. The van der Waals surface area contributed by atoms with Gasteiger partial charge in [-0.1, -0.05) is 23.4 Å². The maximum atomic E-state index is 12.7. The SMILES string of the molecule is O=C(COc1ccccc1)N1CCCCC1c1nc(-c2cnccn2)no1. The van der Waals surface area contributed by atoms with Crippen LogP contribution in [0.5, 0.6) is 5.75 Å². The van der Waals surface area contributed by atoms with Crippen LogP contribution in [0.3, 0.4) is 0 Å². The first-order chi connectivity index (χ1) is 13.3. The van der Waals surface area contributed by atoms with E-state index in [-0.39, 0.29) is 18.6 Å². The normalized spacial score (nSPS) is 16.9. The van der Waals surface area contributed by atoms with Gasteiger partial charge in [0.2, 0.25) is 11.7 Å². The maximum absolute atomic E-state index is 12.7. The molecule has 138 valence electrons. The highest BCUT2D eigenvalue weighted by molar-refractivity contribution is 5.78. The number of rotatable bonds is 5. The van der Waals surface area contributed by atoms with Crippen molar-refractivity contribution in [1.29, 1.82) is 0 Å². The summed E-state index contributed by atoms with van der Waals surface area (Å²) in [4.78, 5) is 27.1. The Labute approximate surface area is 156 Å². The van der Waals surface area contributed by atoms with Crippen molar-refractivity contribution < 1.29 is 14.1 Å². The molecule has 0 aliphatic carbocycles. The number of carbonyl (C=O) groups excluding carboxylic acids is 1. The molecule has 0 N–H and O–H groups in total. The average molecular weight is 365 g/mol. The topological polar surface area (TPSA) is 94.2 Å². The predicted molar refractivity (Wildman–Crippen MR) is 95.6 cm³/mol. The van der Waals surface area contributed by atoms with Gasteiger partial charge in [0, 0.05) is 18.9 Å². The van der Waals surface area contributed by atoms with E-state index in [1.54, 1.807) is 23.5 Å². The molecule has 2 aromatic heterocycles. The van der Waals surface area contributed by atoms with E-state index in [1.165, 1.54) is 0 Å². The summed E-state index contributed by atoms with van der Waals surface area (Å²) in [6.07, 6.45) is 7.45. The molecule has 0 radical (unpaired) electrons. The van der Waals surface area contributed by atoms with Crippen molar-refractivity contribution in [2.24, 2.45) is 0 Å². The lowest BCUT2D eigenvalue weighted by Gasteiger charge is -2.33. The molecule has 0 bridgehead atoms. The molecular weight excluding hydrogens is 346 g/mol. The molecule has 1 atom stereocenters. The van der Waals surface area contributed by atoms with Gasteiger partial charge in [-0.05, 0) is 31.4 Å². The van der Waals surface area contributed by atoms with Gasteiger partial charge < -0.3 is 14.2 Å². The molecule has 1 saturated heterocycles. The van der Waals surface area contributed by atoms with Gasteiger partial charge in [0.25, 0.3) is 5.91 Å². The fourth-order valence-electron chi connectivity index (χ4n) is 3.12. The second-order valence-corrected chi connectivity index (χ2v) is 6.25. The number of hydrogen-bond acceptors (Lipinski definition) is 7. The second kappa shape index (κ2) is 7.94. The summed E-state index contributed by atoms with van der Waals surface area (Å²) >= 11 is 0. The van der Waals surface area contributed by atoms with E-state index in [2.05, 4.69) is 20.1 Å². The van der Waals surface area contributed by atoms with Crippen molar-refractivity contribution in [1.82, 2.24) is 25.0 Å². The lowest BCUT2D eigenvalue weighted by molar-refractivity contribution is -0.138. The van der Waals surface area contributed by atoms with Crippen LogP contribution in [0.2, 0.25) is 0 Å². The van der Waals surface area contributed by atoms with Crippen LogP contribution in [0, 0.1) is 0 Å². The van der Waals surface area contributed by atoms with Crippen LogP contribution >= 0.6 is 0 Å². The smallest absolute Gasteiger partial charge is 0.261 e. The third-order valence-electron chi connectivity index (χ3n) is 4.45. The minimum absolute atomic E-state index is 0.0222. The van der Waals surface area contributed by atoms with Crippen LogP contribution in [0.15, 0.2) is 53.4 Å². The summed E-state index contributed by atoms with van der Waals surface area (Å²) < 4.78 is 11.0. The van der Waals surface area contributed by atoms with Gasteiger partial charge in [0.05, 0.1) is 6.20 Å². The van der Waals surface area contributed by atoms with Crippen LogP contribution in [0.4, 0.5) is 0 Å². The molecule has 1 amide bonds. The minimum atomic E-state index is -0.247. The summed E-state index contributed by atoms with van der Waals surface area (Å²) in [7, 11) is 0. The highest BCUT2D eigenvalue weighted by Gasteiger charge is 2.32. The van der Waals surface area contributed by atoms with Crippen LogP contribution in [-0.4, -0.2) is 44.1 Å². The quantitative estimate of drug-likeness (QED) is 0.686. The number of carbonyl (C=O) groups is 1. The summed E-state index contributed by atoms with van der Waals surface area (Å²) in [5, 5.41) is 3.99. The summed E-state index contributed by atoms with van der Waals surface area (Å²) in [6, 6.07) is 9.05. The summed E-state index contributed by atoms with van der Waals surface area (Å²) in [6.45, 7) is 0.621. The molecule has 3 heterocycles. The van der Waals surface area contributed by atoms with Crippen LogP contribution in [0.25, 0.3) is 11.5 Å². The van der Waals surface area contributed by atoms with Crippen molar-refractivity contribution in [2.75, 3.05) is 13.2 Å². The summed E-state index contributed by atoms with van der Waals surface area (Å²) in [5.74, 6) is 1.37. The first-order valence-electron chi connectivity index (χ1n) is 8.88. The monoisotopic (exact) mass is 365 g/mol. The largest absolute Gasteiger partial charge is 0.484 e. The van der Waals surface area contributed by atoms with Crippen molar-refractivity contribution >= 4 is 5.91 Å². The van der Waals surface area contributed by atoms with Gasteiger partial charge >= 0.3 is 0 Å². The number of aromatic nitrogens is 4. The fourth-order valence-corrected chi connectivity index (χ4v) is 3.12. The number of nitrogens with zero attached hydrogens (tertiary/aromatic N) is 5. The summed E-state index contributed by atoms with van der Waals surface area (Å²) in [5.41, 5.74) is 0.536. The zero-order chi connectivity index (χ0) is 18.5. The molecule has 8 heteroatoms. The Morgan fingerprint density at radius 3 is 2.93 bits per heavy atom. The number of ether oxygens (including phenoxy) is 1. The van der Waals surface area contributed by atoms with Crippen LogP contribution in [-0.2, 0) is 4.79 Å². The molecule has 8 nitrogen and oxygen atoms in total. The molecule has 1 unspecified atom stereocenters. The zero-order valence-electron chi connectivity index (χ0n) is 14.7. The molecule has 0 saturated carbocycles. The Balaban J connectivity index is 1.47. The Kier molecular flexibility index (Phi) is 5.04. The molecule has 1 aliphatic heterocycles. The molecule has 1 aromatic carbocycles. The van der Waals surface area contributed by atoms with Gasteiger partial charge in [-0.2, -0.15) is 4.98 Å². The number of likely N-dealkylation sites (tertiary alicyclic amines) is 1. The van der Waals surface area contributed by atoms with E-state index in [0.29, 0.717) is 29.7 Å². The maximum Gasteiger partial charge on any atom is 0.261 e. The highest BCUT2D eigenvalue weighted by Crippen LogP contribution is 2.31. The minimum Gasteiger partial charge on any atom is -0.484 e. The number of para-hydroxylation sites is 1. The second-order valence-electron chi connectivity index (χ2n) is 6.25. The van der Waals surface area contributed by atoms with Gasteiger partial charge in [0.1, 0.15) is 17.5 Å². The van der Waals surface area contributed by atoms with E-state index >= 15 is 0 Å². The molecule has 1 fully saturated rings. The van der Waals surface area contributed by atoms with E-state index in [4.69, 9.17) is 9.26 Å². The molecule has 3 aromatic rings. The van der Waals surface area contributed by atoms with Gasteiger partial charge in [0.15, 0.2) is 6.61 Å². The van der Waals surface area contributed by atoms with Crippen molar-refractivity contribution in [2.45, 2.75) is 25.3 Å². The number of hydrogen-bond donors (Lipinski definition) is 0. The van der Waals surface area contributed by atoms with Crippen molar-refractivity contribution in [3.05, 3.63) is 54.8 Å². The van der Waals surface area contributed by atoms with Crippen LogP contribution in [0.1, 0.15) is 31.2 Å². The predicted octanol–water partition coefficient (Wildman–Crippen LogP) is 2.66. The van der Waals surface area contributed by atoms with Gasteiger partial charge in [-0.3, -0.25) is 9.78 Å². The van der Waals surface area contributed by atoms with Gasteiger partial charge in [-0.25, -0.2) is 4.98 Å². The first-order valence-corrected chi connectivity index (χ1v) is 8.88. The first kappa shape index (κ1) is 17.1. The molecule has 0 spiro atoms. The standard InChI is InChI=1S/C19H19N5O3/c25-17(13-26-14-6-2-1-3-7-14)24-11-5-4-8-16(24)19-22-18(23-27-19)15-12-20-9-10-21-15/h1-3,6-7,9-10,12,16H,4-5,8,11,13H2. The number of piperidine rings is 1. The fraction of sp³-hybridized carbons (Fsp3) is 0.316. The molecule has 1 aliphatic rings. The van der Waals surface area contributed by atoms with E-state index < -0.39 is 0 Å². The lowest BCUT2D eigenvalue weighted by atomic mass is 10.0. The third kappa shape index (κ3) is 3.94. The lowest BCUT2D eigenvalue weighted by Crippen LogP contribution is -2.41. The Hall–Kier alpha value is -3.29. The van der Waals surface area contributed by atoms with E-state index in [1.807, 2.05) is 30.3 Å². The zero-order valence-corrected chi connectivity index (χ0v) is 14.7.